The van der Waals surface area contributed by atoms with Gasteiger partial charge in [-0.2, -0.15) is 0 Å². The predicted octanol–water partition coefficient (Wildman–Crippen LogP) is 4.62. The average molecular weight is 502 g/mol. The van der Waals surface area contributed by atoms with E-state index in [9.17, 15) is 24.3 Å². The molecule has 1 aliphatic rings. The van der Waals surface area contributed by atoms with E-state index >= 15 is 0 Å². The van der Waals surface area contributed by atoms with Crippen LogP contribution in [0.3, 0.4) is 0 Å². The van der Waals surface area contributed by atoms with Gasteiger partial charge in [-0.15, -0.1) is 22.7 Å². The Morgan fingerprint density at radius 1 is 1.09 bits per heavy atom. The van der Waals surface area contributed by atoms with E-state index in [1.807, 2.05) is 0 Å². The van der Waals surface area contributed by atoms with Gasteiger partial charge in [0.05, 0.1) is 17.7 Å². The lowest BCUT2D eigenvalue weighted by molar-refractivity contribution is 0.0526. The Labute approximate surface area is 203 Å². The van der Waals surface area contributed by atoms with Gasteiger partial charge >= 0.3 is 18.0 Å². The maximum atomic E-state index is 13.1. The lowest BCUT2D eigenvalue weighted by atomic mass is 9.95. The fraction of sp³-hybridized carbons (Fsp3) is 0.304. The van der Waals surface area contributed by atoms with Gasteiger partial charge in [-0.3, -0.25) is 15.4 Å². The second-order valence-corrected chi connectivity index (χ2v) is 9.78. The summed E-state index contributed by atoms with van der Waals surface area (Å²) in [5.41, 5.74) is 1.61. The van der Waals surface area contributed by atoms with Gasteiger partial charge in [0, 0.05) is 17.3 Å². The molecule has 0 radical (unpaired) electrons. The van der Waals surface area contributed by atoms with Crippen molar-refractivity contribution in [3.05, 3.63) is 56.5 Å². The molecule has 3 aromatic heterocycles. The number of aryl methyl sites for hydroxylation is 1. The molecule has 0 spiro atoms. The Balaban J connectivity index is 1.61. The third-order valence-corrected chi connectivity index (χ3v) is 7.99. The number of hydrogen-bond donors (Lipinski definition) is 3. The summed E-state index contributed by atoms with van der Waals surface area (Å²) < 4.78 is 6.82. The highest BCUT2D eigenvalue weighted by atomic mass is 32.1. The van der Waals surface area contributed by atoms with Crippen molar-refractivity contribution in [1.29, 1.82) is 0 Å². The van der Waals surface area contributed by atoms with Crippen molar-refractivity contribution < 1.29 is 29.0 Å². The lowest BCUT2D eigenvalue weighted by Gasteiger charge is -2.12. The molecule has 0 aliphatic heterocycles. The Morgan fingerprint density at radius 3 is 2.47 bits per heavy atom. The number of ether oxygens (including phenoxy) is 1. The van der Waals surface area contributed by atoms with Gasteiger partial charge < -0.3 is 14.4 Å². The van der Waals surface area contributed by atoms with Crippen LogP contribution in [0.5, 0.6) is 0 Å². The van der Waals surface area contributed by atoms with Gasteiger partial charge in [0.2, 0.25) is 0 Å². The van der Waals surface area contributed by atoms with Gasteiger partial charge in [-0.25, -0.2) is 14.4 Å². The predicted molar refractivity (Wildman–Crippen MR) is 129 cm³/mol. The summed E-state index contributed by atoms with van der Waals surface area (Å²) >= 11 is 2.27. The van der Waals surface area contributed by atoms with Crippen LogP contribution in [0.1, 0.15) is 66.2 Å². The first-order valence-corrected chi connectivity index (χ1v) is 12.4. The molecule has 0 saturated carbocycles. The first kappa shape index (κ1) is 23.7. The van der Waals surface area contributed by atoms with Crippen LogP contribution in [-0.4, -0.2) is 40.2 Å². The van der Waals surface area contributed by atoms with E-state index in [0.29, 0.717) is 15.6 Å². The van der Waals surface area contributed by atoms with Crippen molar-refractivity contribution >= 4 is 51.6 Å². The number of nitrogens with one attached hydrogen (secondary N) is 2. The molecule has 34 heavy (non-hydrogen) atoms. The zero-order valence-electron chi connectivity index (χ0n) is 18.6. The fourth-order valence-electron chi connectivity index (χ4n) is 3.99. The molecule has 3 heterocycles. The number of anilines is 1. The van der Waals surface area contributed by atoms with Gasteiger partial charge in [0.1, 0.15) is 14.9 Å². The van der Waals surface area contributed by atoms with E-state index in [1.165, 1.54) is 18.3 Å². The van der Waals surface area contributed by atoms with E-state index in [0.717, 1.165) is 47.5 Å². The van der Waals surface area contributed by atoms with Crippen molar-refractivity contribution in [2.24, 2.45) is 0 Å². The van der Waals surface area contributed by atoms with Gasteiger partial charge in [-0.1, -0.05) is 0 Å². The SMILES string of the molecule is CCOC(=O)c1c(NC(=O)NC(=O)c2c(-n3cccc3)sc(C(=O)O)c2C)sc2c1CCCC2. The summed E-state index contributed by atoms with van der Waals surface area (Å²) in [6.07, 6.45) is 6.89. The van der Waals surface area contributed by atoms with Crippen LogP contribution in [0, 0.1) is 6.92 Å². The molecular weight excluding hydrogens is 478 g/mol. The Bertz CT molecular complexity index is 1270. The third-order valence-electron chi connectivity index (χ3n) is 5.49. The minimum absolute atomic E-state index is 0.0183. The number of carboxylic acid groups (broad SMARTS) is 1. The molecule has 0 atom stereocenters. The summed E-state index contributed by atoms with van der Waals surface area (Å²) in [5, 5.41) is 15.2. The topological polar surface area (TPSA) is 127 Å². The summed E-state index contributed by atoms with van der Waals surface area (Å²) in [6, 6.07) is 2.69. The molecule has 178 valence electrons. The van der Waals surface area contributed by atoms with Gasteiger partial charge in [0.15, 0.2) is 0 Å². The highest BCUT2D eigenvalue weighted by Gasteiger charge is 2.29. The van der Waals surface area contributed by atoms with E-state index < -0.39 is 23.9 Å². The maximum absolute atomic E-state index is 13.1. The number of aromatic carboxylic acids is 1. The quantitative estimate of drug-likeness (QED) is 0.423. The third kappa shape index (κ3) is 4.48. The van der Waals surface area contributed by atoms with Crippen molar-refractivity contribution in [2.45, 2.75) is 39.5 Å². The first-order valence-electron chi connectivity index (χ1n) is 10.8. The maximum Gasteiger partial charge on any atom is 0.346 e. The number of carbonyl (C=O) groups excluding carboxylic acids is 3. The van der Waals surface area contributed by atoms with Crippen LogP contribution in [0.15, 0.2) is 24.5 Å². The van der Waals surface area contributed by atoms with E-state index in [-0.39, 0.29) is 22.6 Å². The molecule has 3 amide bonds. The number of thiophene rings is 2. The minimum atomic E-state index is -1.15. The molecule has 0 aromatic carbocycles. The first-order chi connectivity index (χ1) is 16.3. The molecule has 3 N–H and O–H groups in total. The number of fused-ring (bicyclic) bond motifs is 1. The summed E-state index contributed by atoms with van der Waals surface area (Å²) in [5.74, 6) is -2.39. The van der Waals surface area contributed by atoms with E-state index in [1.54, 1.807) is 36.0 Å². The van der Waals surface area contributed by atoms with E-state index in [4.69, 9.17) is 4.74 Å². The van der Waals surface area contributed by atoms with Crippen LogP contribution in [0.2, 0.25) is 0 Å². The minimum Gasteiger partial charge on any atom is -0.477 e. The Kier molecular flexibility index (Phi) is 6.85. The molecule has 1 aliphatic carbocycles. The average Bonchev–Trinajstić information content (AvgIpc) is 3.50. The number of hydrogen-bond acceptors (Lipinski definition) is 7. The molecule has 0 bridgehead atoms. The summed E-state index contributed by atoms with van der Waals surface area (Å²) in [7, 11) is 0. The smallest absolute Gasteiger partial charge is 0.346 e. The molecule has 3 aromatic rings. The van der Waals surface area contributed by atoms with Crippen LogP contribution >= 0.6 is 22.7 Å². The van der Waals surface area contributed by atoms with Gasteiger partial charge in [0.25, 0.3) is 5.91 Å². The number of imide groups is 1. The number of urea groups is 1. The second kappa shape index (κ2) is 9.82. The summed E-state index contributed by atoms with van der Waals surface area (Å²) in [6.45, 7) is 3.46. The number of rotatable bonds is 6. The molecule has 0 saturated heterocycles. The molecule has 0 unspecified atom stereocenters. The number of nitrogens with zero attached hydrogens (tertiary/aromatic N) is 1. The van der Waals surface area contributed by atoms with Crippen molar-refractivity contribution in [1.82, 2.24) is 9.88 Å². The van der Waals surface area contributed by atoms with Crippen LogP contribution in [0.4, 0.5) is 9.80 Å². The second-order valence-electron chi connectivity index (χ2n) is 7.68. The summed E-state index contributed by atoms with van der Waals surface area (Å²) in [4.78, 5) is 51.2. The van der Waals surface area contributed by atoms with Crippen molar-refractivity contribution in [2.75, 3.05) is 11.9 Å². The van der Waals surface area contributed by atoms with Gasteiger partial charge in [-0.05, 0) is 62.8 Å². The molecule has 4 rings (SSSR count). The number of carbonyl (C=O) groups is 4. The van der Waals surface area contributed by atoms with Crippen LogP contribution in [0.25, 0.3) is 5.00 Å². The van der Waals surface area contributed by atoms with Crippen molar-refractivity contribution in [3.8, 4) is 5.00 Å². The Hall–Kier alpha value is -3.44. The number of esters is 1. The fourth-order valence-corrected chi connectivity index (χ4v) is 6.38. The largest absolute Gasteiger partial charge is 0.477 e. The number of aromatic nitrogens is 1. The molecular formula is C23H23N3O6S2. The number of carboxylic acids is 1. The molecule has 11 heteroatoms. The van der Waals surface area contributed by atoms with E-state index in [2.05, 4.69) is 10.6 Å². The highest BCUT2D eigenvalue weighted by molar-refractivity contribution is 7.17. The Morgan fingerprint density at radius 2 is 1.79 bits per heavy atom. The lowest BCUT2D eigenvalue weighted by Crippen LogP contribution is -2.35. The molecule has 9 nitrogen and oxygen atoms in total. The highest BCUT2D eigenvalue weighted by Crippen LogP contribution is 2.38. The zero-order valence-corrected chi connectivity index (χ0v) is 20.2. The standard InChI is InChI=1S/C23H23N3O6S2/c1-3-32-22(30)16-13-8-4-5-9-14(13)33-19(16)25-23(31)24-18(27)15-12(2)17(21(28)29)34-20(15)26-10-6-7-11-26/h6-7,10-11H,3-5,8-9H2,1-2H3,(H,28,29)(H2,24,25,27,31). The monoisotopic (exact) mass is 501 g/mol. The number of amides is 3. The normalized spacial score (nSPS) is 12.6. The van der Waals surface area contributed by atoms with Crippen LogP contribution in [-0.2, 0) is 17.6 Å². The van der Waals surface area contributed by atoms with Crippen molar-refractivity contribution in [3.63, 3.8) is 0 Å². The molecule has 0 fully saturated rings. The zero-order chi connectivity index (χ0) is 24.4. The van der Waals surface area contributed by atoms with Crippen LogP contribution < -0.4 is 10.6 Å².